The highest BCUT2D eigenvalue weighted by atomic mass is 16.8. The number of rotatable bonds is 7. The van der Waals surface area contributed by atoms with E-state index in [1.54, 1.807) is 18.1 Å². The molecule has 4 heterocycles. The molecule has 2 aromatic rings. The van der Waals surface area contributed by atoms with E-state index in [0.717, 1.165) is 22.6 Å². The number of anilines is 1. The number of nitrogens with zero attached hydrogens (tertiary/aromatic N) is 4. The summed E-state index contributed by atoms with van der Waals surface area (Å²) < 4.78 is 6.64. The lowest BCUT2D eigenvalue weighted by molar-refractivity contribution is -0.137. The molecule has 3 aliphatic rings. The minimum Gasteiger partial charge on any atom is -0.733 e. The van der Waals surface area contributed by atoms with Gasteiger partial charge in [0.05, 0.1) is 13.5 Å². The third kappa shape index (κ3) is 4.77. The molecule has 12 heteroatoms. The molecular weight excluding hydrogens is 482 g/mol. The summed E-state index contributed by atoms with van der Waals surface area (Å²) in [5.74, 6) is -0.0408. The van der Waals surface area contributed by atoms with E-state index in [2.05, 4.69) is 5.32 Å². The molecule has 2 saturated heterocycles. The van der Waals surface area contributed by atoms with Crippen molar-refractivity contribution in [2.75, 3.05) is 32.0 Å². The van der Waals surface area contributed by atoms with Gasteiger partial charge in [0.15, 0.2) is 0 Å². The Balaban J connectivity index is 1.21. The van der Waals surface area contributed by atoms with E-state index >= 15 is 0 Å². The number of nitrogens with one attached hydrogen (secondary N) is 1. The van der Waals surface area contributed by atoms with Crippen molar-refractivity contribution in [1.82, 2.24) is 19.7 Å². The van der Waals surface area contributed by atoms with Crippen LogP contribution in [0.25, 0.3) is 0 Å². The summed E-state index contributed by atoms with van der Waals surface area (Å²) in [6, 6.07) is 8.88. The average molecular weight is 511 g/mol. The molecule has 0 spiro atoms. The van der Waals surface area contributed by atoms with Crippen LogP contribution in [0.4, 0.5) is 10.5 Å². The number of hydrogen-bond acceptors (Lipinski definition) is 8. The number of carbonyl (C=O) groups is 3. The van der Waals surface area contributed by atoms with E-state index in [-0.39, 0.29) is 36.4 Å². The second kappa shape index (κ2) is 9.87. The van der Waals surface area contributed by atoms with Crippen LogP contribution in [-0.2, 0) is 22.6 Å². The van der Waals surface area contributed by atoms with E-state index in [0.29, 0.717) is 31.7 Å². The summed E-state index contributed by atoms with van der Waals surface area (Å²) >= 11 is 0. The number of aromatic nitrogens is 1. The third-order valence-corrected chi connectivity index (χ3v) is 7.41. The largest absolute Gasteiger partial charge is 0.733 e. The van der Waals surface area contributed by atoms with Crippen molar-refractivity contribution >= 4 is 23.5 Å². The Morgan fingerprint density at radius 2 is 1.89 bits per heavy atom. The molecule has 1 aromatic heterocycles. The lowest BCUT2D eigenvalue weighted by atomic mass is 9.83. The monoisotopic (exact) mass is 510 g/mol. The molecular formula is C25H28N5O7-. The van der Waals surface area contributed by atoms with Crippen molar-refractivity contribution in [3.63, 3.8) is 0 Å². The van der Waals surface area contributed by atoms with Crippen LogP contribution in [0.15, 0.2) is 41.2 Å². The van der Waals surface area contributed by atoms with Crippen LogP contribution in [0.2, 0.25) is 0 Å². The maximum Gasteiger partial charge on any atom is 0.324 e. The topological polar surface area (TPSA) is 147 Å². The highest BCUT2D eigenvalue weighted by Gasteiger charge is 2.41. The van der Waals surface area contributed by atoms with Crippen LogP contribution < -0.4 is 20.8 Å². The van der Waals surface area contributed by atoms with Crippen molar-refractivity contribution in [2.24, 2.45) is 5.92 Å². The highest BCUT2D eigenvalue weighted by molar-refractivity contribution is 6.05. The molecule has 0 saturated carbocycles. The quantitative estimate of drug-likeness (QED) is 0.415. The number of imide groups is 1. The molecule has 0 radical (unpaired) electrons. The van der Waals surface area contributed by atoms with Gasteiger partial charge in [0, 0.05) is 37.8 Å². The van der Waals surface area contributed by atoms with Gasteiger partial charge in [-0.15, -0.1) is 0 Å². The summed E-state index contributed by atoms with van der Waals surface area (Å²) in [5.41, 5.74) is 0.760. The fourth-order valence-corrected chi connectivity index (χ4v) is 5.55. The summed E-state index contributed by atoms with van der Waals surface area (Å²) in [7, 11) is 1.58. The molecule has 2 fully saturated rings. The number of benzene rings is 1. The molecule has 37 heavy (non-hydrogen) atoms. The van der Waals surface area contributed by atoms with Gasteiger partial charge in [-0.3, -0.25) is 24.5 Å². The van der Waals surface area contributed by atoms with Crippen molar-refractivity contribution in [1.29, 1.82) is 0 Å². The third-order valence-electron chi connectivity index (χ3n) is 7.41. The van der Waals surface area contributed by atoms with Crippen LogP contribution in [0.3, 0.4) is 0 Å². The van der Waals surface area contributed by atoms with Crippen LogP contribution in [-0.4, -0.2) is 70.2 Å². The van der Waals surface area contributed by atoms with E-state index in [9.17, 15) is 29.6 Å². The second-order valence-electron chi connectivity index (χ2n) is 9.72. The highest BCUT2D eigenvalue weighted by Crippen LogP contribution is 2.36. The fourth-order valence-electron chi connectivity index (χ4n) is 5.55. The van der Waals surface area contributed by atoms with E-state index in [1.807, 2.05) is 24.3 Å². The summed E-state index contributed by atoms with van der Waals surface area (Å²) in [6.07, 6.45) is 1.14. The van der Waals surface area contributed by atoms with E-state index < -0.39 is 28.8 Å². The van der Waals surface area contributed by atoms with Crippen LogP contribution in [0, 0.1) is 11.1 Å². The normalized spacial score (nSPS) is 22.5. The molecule has 3 unspecified atom stereocenters. The lowest BCUT2D eigenvalue weighted by Gasteiger charge is -2.43. The van der Waals surface area contributed by atoms with Crippen molar-refractivity contribution in [3.05, 3.63) is 63.2 Å². The zero-order chi connectivity index (χ0) is 26.3. The lowest BCUT2D eigenvalue weighted by Crippen LogP contribution is -2.50. The number of hydrogen-bond donors (Lipinski definition) is 2. The number of pyridine rings is 1. The summed E-state index contributed by atoms with van der Waals surface area (Å²) in [5, 5.41) is 22.6. The molecule has 2 N–H and O–H groups in total. The fraction of sp³-hybridized carbons (Fsp3) is 0.440. The van der Waals surface area contributed by atoms with Gasteiger partial charge in [-0.05, 0) is 48.6 Å². The molecule has 1 aromatic carbocycles. The van der Waals surface area contributed by atoms with Crippen LogP contribution >= 0.6 is 0 Å². The Kier molecular flexibility index (Phi) is 6.61. The summed E-state index contributed by atoms with van der Waals surface area (Å²) in [6.45, 7) is 1.30. The first-order valence-electron chi connectivity index (χ1n) is 12.2. The number of fused-ring (bicyclic) bond motifs is 4. The predicted octanol–water partition coefficient (Wildman–Crippen LogP) is 1.05. The van der Waals surface area contributed by atoms with Crippen LogP contribution in [0.1, 0.15) is 30.0 Å². The molecule has 3 aliphatic heterocycles. The molecule has 3 atom stereocenters. The Hall–Kier alpha value is -3.90. The van der Waals surface area contributed by atoms with Gasteiger partial charge in [-0.1, -0.05) is 12.1 Å². The number of urea groups is 1. The smallest absolute Gasteiger partial charge is 0.324 e. The molecule has 4 amide bonds. The first-order valence-corrected chi connectivity index (χ1v) is 12.2. The van der Waals surface area contributed by atoms with Crippen molar-refractivity contribution in [3.8, 4) is 5.75 Å². The van der Waals surface area contributed by atoms with Gasteiger partial charge in [0.1, 0.15) is 17.5 Å². The number of likely N-dealkylation sites (tertiary alicyclic amines) is 1. The Bertz CT molecular complexity index is 1280. The van der Waals surface area contributed by atoms with Crippen LogP contribution in [0.5, 0.6) is 5.75 Å². The van der Waals surface area contributed by atoms with Gasteiger partial charge >= 0.3 is 6.03 Å². The van der Waals surface area contributed by atoms with Gasteiger partial charge in [0.2, 0.25) is 5.91 Å². The SMILES string of the molecule is COc1ccc(CCN2C(=O)NC(CC(=O)N3CC4CC(C3)c3ccc(N([O-])O)c(=O)n3C4)C2=O)cc1. The number of piperidine rings is 1. The minimum atomic E-state index is -0.914. The van der Waals surface area contributed by atoms with Gasteiger partial charge in [0.25, 0.3) is 11.5 Å². The number of ether oxygens (including phenoxy) is 1. The van der Waals surface area contributed by atoms with Crippen molar-refractivity contribution in [2.45, 2.75) is 37.8 Å². The second-order valence-corrected chi connectivity index (χ2v) is 9.72. The summed E-state index contributed by atoms with van der Waals surface area (Å²) in [4.78, 5) is 53.9. The Morgan fingerprint density at radius 3 is 2.59 bits per heavy atom. The number of carbonyl (C=O) groups excluding carboxylic acids is 3. The zero-order valence-corrected chi connectivity index (χ0v) is 20.3. The molecule has 5 rings (SSSR count). The number of amides is 4. The van der Waals surface area contributed by atoms with Gasteiger partial charge in [-0.25, -0.2) is 4.79 Å². The average Bonchev–Trinajstić information content (AvgIpc) is 3.15. The van der Waals surface area contributed by atoms with Gasteiger partial charge in [-0.2, -0.15) is 0 Å². The Labute approximate surface area is 212 Å². The molecule has 196 valence electrons. The van der Waals surface area contributed by atoms with Gasteiger partial charge < -0.3 is 30.0 Å². The Morgan fingerprint density at radius 1 is 1.14 bits per heavy atom. The maximum atomic E-state index is 13.1. The predicted molar refractivity (Wildman–Crippen MR) is 131 cm³/mol. The molecule has 0 aliphatic carbocycles. The van der Waals surface area contributed by atoms with E-state index in [1.165, 1.54) is 10.6 Å². The standard InChI is InChI=1S/C25H28N5O7/c1-37-18-4-2-15(3-5-18)8-9-28-23(32)19(26-25(28)34)11-22(31)27-12-16-10-17(14-27)20-6-7-21(30(35)36)24(33)29(20)13-16/h2-7,16-17,19,35H,8-14H2,1H3,(H,26,34)/q-1. The molecule has 2 bridgehead atoms. The van der Waals surface area contributed by atoms with E-state index in [4.69, 9.17) is 4.74 Å². The first kappa shape index (κ1) is 24.8. The first-order chi connectivity index (χ1) is 17.7. The molecule has 12 nitrogen and oxygen atoms in total. The zero-order valence-electron chi connectivity index (χ0n) is 20.3. The van der Waals surface area contributed by atoms with Crippen molar-refractivity contribution < 1.29 is 24.3 Å². The number of methoxy groups -OCH3 is 1. The maximum absolute atomic E-state index is 13.1. The minimum absolute atomic E-state index is 0.00295.